The zero-order valence-electron chi connectivity index (χ0n) is 15.1. The highest BCUT2D eigenvalue weighted by Crippen LogP contribution is 2.28. The number of pyridine rings is 1. The maximum absolute atomic E-state index is 12.3. The Labute approximate surface area is 163 Å². The van der Waals surface area contributed by atoms with E-state index in [4.69, 9.17) is 16.3 Å². The average molecular weight is 382 g/mol. The Balaban J connectivity index is 1.65. The molecule has 1 amide bonds. The number of amides is 1. The maximum atomic E-state index is 12.3. The van der Waals surface area contributed by atoms with Crippen LogP contribution >= 0.6 is 11.6 Å². The fourth-order valence-corrected chi connectivity index (χ4v) is 2.79. The van der Waals surface area contributed by atoms with E-state index in [0.29, 0.717) is 17.3 Å². The predicted molar refractivity (Wildman–Crippen MR) is 108 cm³/mol. The van der Waals surface area contributed by atoms with E-state index in [1.54, 1.807) is 31.5 Å². The highest BCUT2D eigenvalue weighted by atomic mass is 35.5. The quantitative estimate of drug-likeness (QED) is 0.648. The second-order valence-corrected chi connectivity index (χ2v) is 6.44. The minimum Gasteiger partial charge on any atom is -0.495 e. The van der Waals surface area contributed by atoms with E-state index in [1.807, 2.05) is 43.3 Å². The van der Waals surface area contributed by atoms with E-state index < -0.39 is 0 Å². The fraction of sp³-hybridized carbons (Fsp3) is 0.143. The molecule has 0 fully saturated rings. The molecule has 0 unspecified atom stereocenters. The molecular weight excluding hydrogens is 362 g/mol. The van der Waals surface area contributed by atoms with Crippen molar-refractivity contribution in [3.63, 3.8) is 0 Å². The highest BCUT2D eigenvalue weighted by molar-refractivity contribution is 6.31. The molecule has 1 aromatic heterocycles. The van der Waals surface area contributed by atoms with Gasteiger partial charge in [0.15, 0.2) is 0 Å². The summed E-state index contributed by atoms with van der Waals surface area (Å²) in [6.45, 7) is 2.36. The van der Waals surface area contributed by atoms with Crippen LogP contribution < -0.4 is 15.4 Å². The topological polar surface area (TPSA) is 63.2 Å². The minimum atomic E-state index is -0.255. The van der Waals surface area contributed by atoms with Crippen molar-refractivity contribution in [3.05, 3.63) is 82.6 Å². The highest BCUT2D eigenvalue weighted by Gasteiger charge is 2.09. The molecule has 0 aliphatic heterocycles. The number of benzene rings is 2. The van der Waals surface area contributed by atoms with Crippen LogP contribution in [0.4, 0.5) is 11.4 Å². The van der Waals surface area contributed by atoms with Crippen LogP contribution in [0.5, 0.6) is 5.75 Å². The second kappa shape index (κ2) is 8.56. The monoisotopic (exact) mass is 381 g/mol. The molecule has 6 heteroatoms. The van der Waals surface area contributed by atoms with Gasteiger partial charge in [0.1, 0.15) is 11.4 Å². The van der Waals surface area contributed by atoms with Crippen LogP contribution in [0.15, 0.2) is 60.8 Å². The number of aryl methyl sites for hydroxylation is 1. The fourth-order valence-electron chi connectivity index (χ4n) is 2.58. The van der Waals surface area contributed by atoms with Crippen molar-refractivity contribution in [1.82, 2.24) is 10.3 Å². The van der Waals surface area contributed by atoms with Crippen molar-refractivity contribution in [2.75, 3.05) is 12.4 Å². The van der Waals surface area contributed by atoms with Gasteiger partial charge in [0.25, 0.3) is 5.91 Å². The van der Waals surface area contributed by atoms with Gasteiger partial charge in [-0.15, -0.1) is 0 Å². The van der Waals surface area contributed by atoms with Crippen molar-refractivity contribution >= 4 is 28.9 Å². The third kappa shape index (κ3) is 4.77. The molecule has 2 aromatic carbocycles. The lowest BCUT2D eigenvalue weighted by molar-refractivity contribution is 0.0946. The summed E-state index contributed by atoms with van der Waals surface area (Å²) in [5.74, 6) is 0.483. The average Bonchev–Trinajstić information content (AvgIpc) is 2.68. The zero-order chi connectivity index (χ0) is 19.2. The molecule has 0 saturated heterocycles. The predicted octanol–water partition coefficient (Wildman–Crippen LogP) is 4.73. The number of carbonyl (C=O) groups excluding carboxylic acids is 1. The Morgan fingerprint density at radius 1 is 1.15 bits per heavy atom. The van der Waals surface area contributed by atoms with E-state index in [0.717, 1.165) is 28.3 Å². The first kappa shape index (κ1) is 18.7. The molecule has 0 bridgehead atoms. The van der Waals surface area contributed by atoms with E-state index in [-0.39, 0.29) is 5.91 Å². The molecule has 2 N–H and O–H groups in total. The van der Waals surface area contributed by atoms with E-state index in [9.17, 15) is 4.79 Å². The first-order valence-electron chi connectivity index (χ1n) is 8.46. The van der Waals surface area contributed by atoms with Gasteiger partial charge in [-0.05, 0) is 48.4 Å². The largest absolute Gasteiger partial charge is 0.495 e. The van der Waals surface area contributed by atoms with Crippen molar-refractivity contribution in [2.45, 2.75) is 13.5 Å². The number of nitrogens with zero attached hydrogens (tertiary/aromatic N) is 1. The number of aromatic nitrogens is 1. The molecular formula is C21H20ClN3O2. The van der Waals surface area contributed by atoms with Crippen LogP contribution in [0.25, 0.3) is 0 Å². The Morgan fingerprint density at radius 3 is 2.67 bits per heavy atom. The van der Waals surface area contributed by atoms with Crippen LogP contribution in [-0.2, 0) is 6.54 Å². The van der Waals surface area contributed by atoms with Crippen LogP contribution in [-0.4, -0.2) is 18.0 Å². The molecule has 138 valence electrons. The summed E-state index contributed by atoms with van der Waals surface area (Å²) in [4.78, 5) is 16.5. The lowest BCUT2D eigenvalue weighted by Crippen LogP contribution is -2.23. The van der Waals surface area contributed by atoms with Gasteiger partial charge in [0.05, 0.1) is 24.7 Å². The van der Waals surface area contributed by atoms with E-state index >= 15 is 0 Å². The lowest BCUT2D eigenvalue weighted by Gasteiger charge is -2.12. The van der Waals surface area contributed by atoms with Gasteiger partial charge in [0, 0.05) is 11.6 Å². The molecule has 0 atom stereocenters. The maximum Gasteiger partial charge on any atom is 0.270 e. The summed E-state index contributed by atoms with van der Waals surface area (Å²) in [6, 6.07) is 16.8. The van der Waals surface area contributed by atoms with Crippen molar-refractivity contribution in [1.29, 1.82) is 0 Å². The Kier molecular flexibility index (Phi) is 5.94. The van der Waals surface area contributed by atoms with Crippen molar-refractivity contribution in [3.8, 4) is 5.75 Å². The second-order valence-electron chi connectivity index (χ2n) is 6.03. The molecule has 27 heavy (non-hydrogen) atoms. The summed E-state index contributed by atoms with van der Waals surface area (Å²) in [5, 5.41) is 6.71. The first-order valence-corrected chi connectivity index (χ1v) is 8.84. The molecule has 0 aliphatic rings. The number of carbonyl (C=O) groups is 1. The summed E-state index contributed by atoms with van der Waals surface area (Å²) in [7, 11) is 1.63. The Hall–Kier alpha value is -3.05. The van der Waals surface area contributed by atoms with Gasteiger partial charge in [-0.1, -0.05) is 35.9 Å². The van der Waals surface area contributed by atoms with Crippen molar-refractivity contribution in [2.24, 2.45) is 0 Å². The van der Waals surface area contributed by atoms with Crippen LogP contribution in [0.2, 0.25) is 5.02 Å². The number of methoxy groups -OCH3 is 1. The molecule has 0 saturated carbocycles. The molecule has 0 spiro atoms. The van der Waals surface area contributed by atoms with Gasteiger partial charge < -0.3 is 15.4 Å². The van der Waals surface area contributed by atoms with Gasteiger partial charge in [-0.25, -0.2) is 4.98 Å². The summed E-state index contributed by atoms with van der Waals surface area (Å²) < 4.78 is 5.36. The summed E-state index contributed by atoms with van der Waals surface area (Å²) in [6.07, 6.45) is 1.62. The van der Waals surface area contributed by atoms with Crippen LogP contribution in [0.3, 0.4) is 0 Å². The number of nitrogens with one attached hydrogen (secondary N) is 2. The molecule has 0 aliphatic carbocycles. The number of halogens is 1. The first-order chi connectivity index (χ1) is 13.1. The molecule has 0 radical (unpaired) electrons. The number of ether oxygens (including phenoxy) is 1. The van der Waals surface area contributed by atoms with Crippen LogP contribution in [0.1, 0.15) is 21.6 Å². The standard InChI is InChI=1S/C21H20ClN3O2/c1-14-7-10-20(27-2)19(11-14)25-16-8-9-18(23-13-16)21(26)24-12-15-5-3-4-6-17(15)22/h3-11,13,25H,12H2,1-2H3,(H,24,26). The number of hydrogen-bond acceptors (Lipinski definition) is 4. The van der Waals surface area contributed by atoms with E-state index in [1.165, 1.54) is 0 Å². The van der Waals surface area contributed by atoms with Gasteiger partial charge in [0.2, 0.25) is 0 Å². The zero-order valence-corrected chi connectivity index (χ0v) is 15.9. The molecule has 3 aromatic rings. The lowest BCUT2D eigenvalue weighted by atomic mass is 10.2. The summed E-state index contributed by atoms with van der Waals surface area (Å²) in [5.41, 5.74) is 3.92. The third-order valence-corrected chi connectivity index (χ3v) is 4.40. The Morgan fingerprint density at radius 2 is 1.96 bits per heavy atom. The minimum absolute atomic E-state index is 0.255. The number of anilines is 2. The number of hydrogen-bond donors (Lipinski definition) is 2. The molecule has 5 nitrogen and oxygen atoms in total. The van der Waals surface area contributed by atoms with Gasteiger partial charge >= 0.3 is 0 Å². The third-order valence-electron chi connectivity index (χ3n) is 4.03. The number of rotatable bonds is 6. The molecule has 1 heterocycles. The normalized spacial score (nSPS) is 10.3. The Bertz CT molecular complexity index is 942. The van der Waals surface area contributed by atoms with Crippen molar-refractivity contribution < 1.29 is 9.53 Å². The van der Waals surface area contributed by atoms with Gasteiger partial charge in [-0.3, -0.25) is 4.79 Å². The SMILES string of the molecule is COc1ccc(C)cc1Nc1ccc(C(=O)NCc2ccccc2Cl)nc1. The smallest absolute Gasteiger partial charge is 0.270 e. The molecule has 3 rings (SSSR count). The summed E-state index contributed by atoms with van der Waals surface area (Å²) >= 11 is 6.10. The van der Waals surface area contributed by atoms with Crippen LogP contribution in [0, 0.1) is 6.92 Å². The van der Waals surface area contributed by atoms with E-state index in [2.05, 4.69) is 15.6 Å². The van der Waals surface area contributed by atoms with Gasteiger partial charge in [-0.2, -0.15) is 0 Å².